The maximum Gasteiger partial charge on any atom is 0.471 e. The highest BCUT2D eigenvalue weighted by atomic mass is 19.4. The van der Waals surface area contributed by atoms with Crippen LogP contribution in [0, 0.1) is 0 Å². The van der Waals surface area contributed by atoms with Gasteiger partial charge in [-0.2, -0.15) is 13.2 Å². The summed E-state index contributed by atoms with van der Waals surface area (Å²) in [4.78, 5) is 10.4. The third-order valence-electron chi connectivity index (χ3n) is 1.58. The minimum Gasteiger partial charge on any atom is -0.348 e. The van der Waals surface area contributed by atoms with Crippen molar-refractivity contribution in [2.24, 2.45) is 0 Å². The van der Waals surface area contributed by atoms with E-state index >= 15 is 0 Å². The molecule has 1 N–H and O–H groups in total. The van der Waals surface area contributed by atoms with E-state index in [1.165, 1.54) is 10.9 Å². The van der Waals surface area contributed by atoms with Crippen LogP contribution in [0.5, 0.6) is 0 Å². The predicted octanol–water partition coefficient (Wildman–Crippen LogP) is 0.347. The van der Waals surface area contributed by atoms with Crippen LogP contribution in [0.15, 0.2) is 12.4 Å². The van der Waals surface area contributed by atoms with Crippen LogP contribution in [0.25, 0.3) is 0 Å². The molecule has 1 amide bonds. The lowest BCUT2D eigenvalue weighted by Crippen LogP contribution is -2.37. The number of carbonyl (C=O) groups is 1. The molecule has 1 rings (SSSR count). The van der Waals surface area contributed by atoms with E-state index in [0.29, 0.717) is 13.0 Å². The summed E-state index contributed by atoms with van der Waals surface area (Å²) < 4.78 is 36.6. The largest absolute Gasteiger partial charge is 0.471 e. The van der Waals surface area contributed by atoms with Crippen LogP contribution in [-0.2, 0) is 11.3 Å². The SMILES string of the molecule is O=C(NCCCn1ccnn1)C(F)(F)F. The average Bonchev–Trinajstić information content (AvgIpc) is 2.63. The molecule has 0 aliphatic heterocycles. The van der Waals surface area contributed by atoms with Crippen LogP contribution in [0.4, 0.5) is 13.2 Å². The summed E-state index contributed by atoms with van der Waals surface area (Å²) in [5, 5.41) is 8.89. The molecule has 5 nitrogen and oxygen atoms in total. The Bertz CT molecular complexity index is 309. The van der Waals surface area contributed by atoms with Gasteiger partial charge in [-0.05, 0) is 6.42 Å². The van der Waals surface area contributed by atoms with Gasteiger partial charge in [0.05, 0.1) is 6.20 Å². The Balaban J connectivity index is 2.15. The molecule has 0 radical (unpaired) electrons. The van der Waals surface area contributed by atoms with E-state index in [4.69, 9.17) is 0 Å². The van der Waals surface area contributed by atoms with Crippen LogP contribution < -0.4 is 5.32 Å². The highest BCUT2D eigenvalue weighted by Gasteiger charge is 2.38. The summed E-state index contributed by atoms with van der Waals surface area (Å²) in [6, 6.07) is 0. The molecule has 1 heterocycles. The smallest absolute Gasteiger partial charge is 0.348 e. The summed E-state index contributed by atoms with van der Waals surface area (Å²) in [5.74, 6) is -1.92. The zero-order valence-electron chi connectivity index (χ0n) is 7.66. The molecular formula is C7H9F3N4O. The first kappa shape index (κ1) is 11.5. The third-order valence-corrected chi connectivity index (χ3v) is 1.58. The first-order valence-corrected chi connectivity index (χ1v) is 4.19. The van der Waals surface area contributed by atoms with Gasteiger partial charge in [-0.1, -0.05) is 5.21 Å². The van der Waals surface area contributed by atoms with Crippen LogP contribution in [0.2, 0.25) is 0 Å². The quantitative estimate of drug-likeness (QED) is 0.747. The van der Waals surface area contributed by atoms with E-state index in [0.717, 1.165) is 0 Å². The summed E-state index contributed by atoms with van der Waals surface area (Å²) in [7, 11) is 0. The van der Waals surface area contributed by atoms with Crippen molar-refractivity contribution in [1.82, 2.24) is 20.3 Å². The zero-order chi connectivity index (χ0) is 11.3. The molecule has 0 saturated heterocycles. The third kappa shape index (κ3) is 3.96. The molecule has 0 spiro atoms. The Morgan fingerprint density at radius 2 is 2.20 bits per heavy atom. The minimum atomic E-state index is -4.81. The van der Waals surface area contributed by atoms with Crippen molar-refractivity contribution in [2.45, 2.75) is 19.1 Å². The first-order valence-electron chi connectivity index (χ1n) is 4.19. The van der Waals surface area contributed by atoms with Gasteiger partial charge in [0.15, 0.2) is 0 Å². The minimum absolute atomic E-state index is 0.0434. The molecule has 0 aromatic carbocycles. The zero-order valence-corrected chi connectivity index (χ0v) is 7.66. The number of nitrogens with zero attached hydrogens (tertiary/aromatic N) is 3. The summed E-state index contributed by atoms with van der Waals surface area (Å²) >= 11 is 0. The lowest BCUT2D eigenvalue weighted by atomic mass is 10.4. The number of alkyl halides is 3. The number of rotatable bonds is 4. The molecule has 84 valence electrons. The van der Waals surface area contributed by atoms with E-state index < -0.39 is 12.1 Å². The molecule has 0 bridgehead atoms. The number of carbonyl (C=O) groups excluding carboxylic acids is 1. The molecule has 1 aromatic rings. The van der Waals surface area contributed by atoms with Crippen molar-refractivity contribution in [3.63, 3.8) is 0 Å². The van der Waals surface area contributed by atoms with Crippen LogP contribution >= 0.6 is 0 Å². The van der Waals surface area contributed by atoms with Crippen molar-refractivity contribution < 1.29 is 18.0 Å². The van der Waals surface area contributed by atoms with E-state index in [9.17, 15) is 18.0 Å². The highest BCUT2D eigenvalue weighted by Crippen LogP contribution is 2.13. The Kier molecular flexibility index (Phi) is 3.64. The maximum atomic E-state index is 11.7. The molecule has 0 fully saturated rings. The predicted molar refractivity (Wildman–Crippen MR) is 43.7 cm³/mol. The number of amides is 1. The molecule has 1 aromatic heterocycles. The van der Waals surface area contributed by atoms with Crippen LogP contribution in [0.1, 0.15) is 6.42 Å². The maximum absolute atomic E-state index is 11.7. The van der Waals surface area contributed by atoms with Crippen LogP contribution in [-0.4, -0.2) is 33.6 Å². The lowest BCUT2D eigenvalue weighted by Gasteiger charge is -2.07. The fourth-order valence-electron chi connectivity index (χ4n) is 0.895. The Morgan fingerprint density at radius 3 is 2.73 bits per heavy atom. The molecule has 0 aliphatic rings. The molecular weight excluding hydrogens is 213 g/mol. The summed E-state index contributed by atoms with van der Waals surface area (Å²) in [6.45, 7) is 0.371. The van der Waals surface area contributed by atoms with Crippen molar-refractivity contribution in [1.29, 1.82) is 0 Å². The lowest BCUT2D eigenvalue weighted by molar-refractivity contribution is -0.173. The van der Waals surface area contributed by atoms with Crippen molar-refractivity contribution in [3.8, 4) is 0 Å². The Labute approximate surface area is 83.3 Å². The number of hydrogen-bond acceptors (Lipinski definition) is 3. The first-order chi connectivity index (χ1) is 7.00. The second-order valence-corrected chi connectivity index (χ2v) is 2.77. The van der Waals surface area contributed by atoms with Crippen LogP contribution in [0.3, 0.4) is 0 Å². The number of aromatic nitrogens is 3. The van der Waals surface area contributed by atoms with Crippen molar-refractivity contribution in [3.05, 3.63) is 12.4 Å². The van der Waals surface area contributed by atoms with Gasteiger partial charge in [0.25, 0.3) is 0 Å². The number of aryl methyl sites for hydroxylation is 1. The molecule has 8 heteroatoms. The normalized spacial score (nSPS) is 11.4. The fourth-order valence-corrected chi connectivity index (χ4v) is 0.895. The molecule has 0 atom stereocenters. The van der Waals surface area contributed by atoms with Gasteiger partial charge in [-0.3, -0.25) is 9.48 Å². The Hall–Kier alpha value is -1.60. The van der Waals surface area contributed by atoms with Gasteiger partial charge < -0.3 is 5.32 Å². The second kappa shape index (κ2) is 4.76. The summed E-state index contributed by atoms with van der Waals surface area (Å²) in [6.07, 6.45) is -1.39. The standard InChI is InChI=1S/C7H9F3N4O/c8-7(9,10)6(15)11-2-1-4-14-5-3-12-13-14/h3,5H,1-2,4H2,(H,11,15). The van der Waals surface area contributed by atoms with E-state index in [-0.39, 0.29) is 6.54 Å². The van der Waals surface area contributed by atoms with Gasteiger partial charge in [0.2, 0.25) is 0 Å². The highest BCUT2D eigenvalue weighted by molar-refractivity contribution is 5.81. The second-order valence-electron chi connectivity index (χ2n) is 2.77. The van der Waals surface area contributed by atoms with Crippen molar-refractivity contribution in [2.75, 3.05) is 6.54 Å². The molecule has 0 saturated carbocycles. The van der Waals surface area contributed by atoms with Gasteiger partial charge >= 0.3 is 12.1 Å². The number of hydrogen-bond donors (Lipinski definition) is 1. The summed E-state index contributed by atoms with van der Waals surface area (Å²) in [5.41, 5.74) is 0. The van der Waals surface area contributed by atoms with E-state index in [1.54, 1.807) is 11.5 Å². The molecule has 15 heavy (non-hydrogen) atoms. The average molecular weight is 222 g/mol. The Morgan fingerprint density at radius 1 is 1.47 bits per heavy atom. The van der Waals surface area contributed by atoms with E-state index in [2.05, 4.69) is 10.3 Å². The number of nitrogens with one attached hydrogen (secondary N) is 1. The number of halogens is 3. The van der Waals surface area contributed by atoms with Crippen molar-refractivity contribution >= 4 is 5.91 Å². The van der Waals surface area contributed by atoms with E-state index in [1.807, 2.05) is 0 Å². The van der Waals surface area contributed by atoms with Gasteiger partial charge in [0, 0.05) is 19.3 Å². The fraction of sp³-hybridized carbons (Fsp3) is 0.571. The molecule has 0 unspecified atom stereocenters. The molecule has 0 aliphatic carbocycles. The topological polar surface area (TPSA) is 59.8 Å². The van der Waals surface area contributed by atoms with Gasteiger partial charge in [0.1, 0.15) is 0 Å². The van der Waals surface area contributed by atoms with Gasteiger partial charge in [-0.15, -0.1) is 5.10 Å². The monoisotopic (exact) mass is 222 g/mol. The van der Waals surface area contributed by atoms with Gasteiger partial charge in [-0.25, -0.2) is 0 Å².